The lowest BCUT2D eigenvalue weighted by atomic mass is 9.58. The number of benzene rings is 1. The summed E-state index contributed by atoms with van der Waals surface area (Å²) in [6.45, 7) is 3.94. The molecule has 28 heavy (non-hydrogen) atoms. The van der Waals surface area contributed by atoms with Crippen LogP contribution in [0.15, 0.2) is 36.5 Å². The van der Waals surface area contributed by atoms with Gasteiger partial charge < -0.3 is 20.1 Å². The maximum atomic E-state index is 11.4. The monoisotopic (exact) mass is 381 g/mol. The molecule has 1 aromatic carbocycles. The van der Waals surface area contributed by atoms with E-state index in [4.69, 9.17) is 15.2 Å². The summed E-state index contributed by atoms with van der Waals surface area (Å²) in [5.74, 6) is 1.17. The van der Waals surface area contributed by atoms with Crippen LogP contribution in [-0.2, 0) is 11.8 Å². The average molecular weight is 381 g/mol. The van der Waals surface area contributed by atoms with Gasteiger partial charge >= 0.3 is 0 Å². The fourth-order valence-corrected chi connectivity index (χ4v) is 4.85. The molecular weight excluding hydrogens is 354 g/mol. The molecule has 1 aromatic heterocycles. The number of pyridine rings is 1. The number of fused-ring (bicyclic) bond motifs is 4. The molecule has 0 spiro atoms. The number of hydrogen-bond acceptors (Lipinski definition) is 5. The fraction of sp³-hybridized carbons (Fsp3) is 0.455. The summed E-state index contributed by atoms with van der Waals surface area (Å²) in [7, 11) is 3.90. The Balaban J connectivity index is 1.64. The second kappa shape index (κ2) is 7.09. The highest BCUT2D eigenvalue weighted by Crippen LogP contribution is 2.49. The third-order valence-corrected chi connectivity index (χ3v) is 6.62. The topological polar surface area (TPSA) is 77.7 Å². The molecule has 3 atom stereocenters. The Kier molecular flexibility index (Phi) is 4.75. The van der Waals surface area contributed by atoms with E-state index in [9.17, 15) is 4.79 Å². The summed E-state index contributed by atoms with van der Waals surface area (Å²) in [6, 6.07) is 10.1. The molecule has 2 aliphatic rings. The van der Waals surface area contributed by atoms with Gasteiger partial charge in [0.05, 0.1) is 13.7 Å². The van der Waals surface area contributed by atoms with E-state index in [0.29, 0.717) is 30.0 Å². The number of hydrogen-bond donors (Lipinski definition) is 1. The third-order valence-electron chi connectivity index (χ3n) is 6.62. The maximum absolute atomic E-state index is 11.4. The van der Waals surface area contributed by atoms with Crippen molar-refractivity contribution in [1.82, 2.24) is 9.88 Å². The zero-order valence-electron chi connectivity index (χ0n) is 16.6. The molecule has 2 heterocycles. The molecule has 6 nitrogen and oxygen atoms in total. The van der Waals surface area contributed by atoms with Crippen molar-refractivity contribution in [3.8, 4) is 11.6 Å². The number of methoxy groups -OCH3 is 1. The SMILES string of the molecule is COc1ccc2c(c1)C1(C)CCN(C)C(C2)C1COc1cc(C(N)=O)ccn1. The quantitative estimate of drug-likeness (QED) is 0.861. The standard InChI is InChI=1S/C22H27N3O3/c1-22-7-9-25(2)19(10-14-4-5-16(27-3)12-17(14)22)18(22)13-28-20-11-15(21(23)26)6-8-24-20/h4-6,8,11-12,18-19H,7,9-10,13H2,1-3H3,(H2,23,26). The van der Waals surface area contributed by atoms with Gasteiger partial charge in [-0.3, -0.25) is 4.79 Å². The number of piperidine rings is 1. The smallest absolute Gasteiger partial charge is 0.248 e. The van der Waals surface area contributed by atoms with E-state index in [1.807, 2.05) is 6.07 Å². The minimum Gasteiger partial charge on any atom is -0.497 e. The lowest BCUT2D eigenvalue weighted by Gasteiger charge is -2.54. The van der Waals surface area contributed by atoms with Gasteiger partial charge in [-0.05, 0) is 55.8 Å². The summed E-state index contributed by atoms with van der Waals surface area (Å²) in [5, 5.41) is 0. The van der Waals surface area contributed by atoms with E-state index in [2.05, 4.69) is 36.0 Å². The van der Waals surface area contributed by atoms with Crippen LogP contribution in [-0.4, -0.2) is 49.1 Å². The first-order chi connectivity index (χ1) is 13.4. The number of primary amides is 1. The van der Waals surface area contributed by atoms with Gasteiger partial charge in [0, 0.05) is 35.2 Å². The zero-order valence-corrected chi connectivity index (χ0v) is 16.6. The van der Waals surface area contributed by atoms with Gasteiger partial charge in [0.1, 0.15) is 5.75 Å². The number of nitrogens with zero attached hydrogens (tertiary/aromatic N) is 2. The van der Waals surface area contributed by atoms with Gasteiger partial charge in [-0.15, -0.1) is 0 Å². The Morgan fingerprint density at radius 3 is 2.93 bits per heavy atom. The molecule has 1 fully saturated rings. The summed E-state index contributed by atoms with van der Waals surface area (Å²) in [6.07, 6.45) is 3.61. The first-order valence-corrected chi connectivity index (χ1v) is 9.68. The molecule has 148 valence electrons. The van der Waals surface area contributed by atoms with Gasteiger partial charge in [-0.1, -0.05) is 13.0 Å². The van der Waals surface area contributed by atoms with Crippen molar-refractivity contribution in [3.63, 3.8) is 0 Å². The highest BCUT2D eigenvalue weighted by Gasteiger charge is 2.50. The summed E-state index contributed by atoms with van der Waals surface area (Å²) in [4.78, 5) is 18.1. The zero-order chi connectivity index (χ0) is 19.9. The summed E-state index contributed by atoms with van der Waals surface area (Å²) >= 11 is 0. The number of likely N-dealkylation sites (N-methyl/N-ethyl adjacent to an activating group) is 1. The molecule has 3 unspecified atom stereocenters. The van der Waals surface area contributed by atoms with Crippen LogP contribution in [0.4, 0.5) is 0 Å². The second-order valence-electron chi connectivity index (χ2n) is 8.11. The molecule has 0 saturated carbocycles. The molecule has 4 rings (SSSR count). The Hall–Kier alpha value is -2.60. The van der Waals surface area contributed by atoms with Crippen LogP contribution in [0, 0.1) is 5.92 Å². The molecule has 1 saturated heterocycles. The van der Waals surface area contributed by atoms with Crippen LogP contribution in [0.25, 0.3) is 0 Å². The number of ether oxygens (including phenoxy) is 2. The fourth-order valence-electron chi connectivity index (χ4n) is 4.85. The van der Waals surface area contributed by atoms with Crippen molar-refractivity contribution in [2.24, 2.45) is 11.7 Å². The molecule has 2 N–H and O–H groups in total. The van der Waals surface area contributed by atoms with E-state index < -0.39 is 5.91 Å². The Bertz CT molecular complexity index is 900. The van der Waals surface area contributed by atoms with Crippen LogP contribution in [0.5, 0.6) is 11.6 Å². The minimum absolute atomic E-state index is 0.000592. The summed E-state index contributed by atoms with van der Waals surface area (Å²) in [5.41, 5.74) is 8.54. The summed E-state index contributed by atoms with van der Waals surface area (Å²) < 4.78 is 11.6. The molecule has 0 radical (unpaired) electrons. The van der Waals surface area contributed by atoms with Crippen LogP contribution >= 0.6 is 0 Å². The van der Waals surface area contributed by atoms with Crippen molar-refractivity contribution < 1.29 is 14.3 Å². The number of carbonyl (C=O) groups excluding carboxylic acids is 1. The number of nitrogens with two attached hydrogens (primary N) is 1. The number of carbonyl (C=O) groups is 1. The molecule has 1 amide bonds. The van der Waals surface area contributed by atoms with Gasteiger partial charge in [-0.25, -0.2) is 4.98 Å². The third kappa shape index (κ3) is 3.11. The van der Waals surface area contributed by atoms with Crippen LogP contribution in [0.2, 0.25) is 0 Å². The van der Waals surface area contributed by atoms with Crippen molar-refractivity contribution >= 4 is 5.91 Å². The number of rotatable bonds is 5. The Labute approximate surface area is 165 Å². The van der Waals surface area contributed by atoms with Crippen LogP contribution in [0.1, 0.15) is 34.8 Å². The second-order valence-corrected chi connectivity index (χ2v) is 8.11. The van der Waals surface area contributed by atoms with Crippen LogP contribution < -0.4 is 15.2 Å². The van der Waals surface area contributed by atoms with Gasteiger partial charge in [0.15, 0.2) is 0 Å². The number of amides is 1. The van der Waals surface area contributed by atoms with E-state index in [1.54, 1.807) is 25.4 Å². The van der Waals surface area contributed by atoms with E-state index >= 15 is 0 Å². The van der Waals surface area contributed by atoms with E-state index in [-0.39, 0.29) is 5.41 Å². The molecule has 1 aliphatic heterocycles. The Morgan fingerprint density at radius 2 is 2.18 bits per heavy atom. The first kappa shape index (κ1) is 18.7. The van der Waals surface area contributed by atoms with Crippen molar-refractivity contribution in [2.45, 2.75) is 31.2 Å². The van der Waals surface area contributed by atoms with Gasteiger partial charge in [0.25, 0.3) is 0 Å². The predicted octanol–water partition coefficient (Wildman–Crippen LogP) is 2.40. The normalized spacial score (nSPS) is 26.4. The molecule has 2 aromatic rings. The molecule has 6 heteroatoms. The lowest BCUT2D eigenvalue weighted by molar-refractivity contribution is 0.0109. The van der Waals surface area contributed by atoms with Crippen LogP contribution in [0.3, 0.4) is 0 Å². The van der Waals surface area contributed by atoms with Crippen molar-refractivity contribution in [2.75, 3.05) is 27.3 Å². The largest absolute Gasteiger partial charge is 0.497 e. The Morgan fingerprint density at radius 1 is 1.36 bits per heavy atom. The van der Waals surface area contributed by atoms with Crippen molar-refractivity contribution in [1.29, 1.82) is 0 Å². The van der Waals surface area contributed by atoms with Gasteiger partial charge in [0.2, 0.25) is 11.8 Å². The van der Waals surface area contributed by atoms with E-state index in [1.165, 1.54) is 11.1 Å². The number of aromatic nitrogens is 1. The first-order valence-electron chi connectivity index (χ1n) is 9.68. The van der Waals surface area contributed by atoms with E-state index in [0.717, 1.165) is 25.1 Å². The highest BCUT2D eigenvalue weighted by atomic mass is 16.5. The average Bonchev–Trinajstić information content (AvgIpc) is 2.70. The molecular formula is C22H27N3O3. The molecule has 1 aliphatic carbocycles. The minimum atomic E-state index is -0.477. The highest BCUT2D eigenvalue weighted by molar-refractivity contribution is 5.92. The lowest BCUT2D eigenvalue weighted by Crippen LogP contribution is -2.59. The van der Waals surface area contributed by atoms with Crippen molar-refractivity contribution in [3.05, 3.63) is 53.2 Å². The number of likely N-dealkylation sites (tertiary alicyclic amines) is 1. The molecule has 2 bridgehead atoms. The van der Waals surface area contributed by atoms with Gasteiger partial charge in [-0.2, -0.15) is 0 Å². The maximum Gasteiger partial charge on any atom is 0.248 e. The predicted molar refractivity (Wildman–Crippen MR) is 107 cm³/mol.